The molecule has 36 heavy (non-hydrogen) atoms. The Bertz CT molecular complexity index is 1070. The number of esters is 3. The first-order valence-electron chi connectivity index (χ1n) is 12.5. The van der Waals surface area contributed by atoms with Gasteiger partial charge in [-0.1, -0.05) is 62.2 Å². The van der Waals surface area contributed by atoms with Crippen LogP contribution in [-0.4, -0.2) is 42.4 Å². The van der Waals surface area contributed by atoms with E-state index in [4.69, 9.17) is 14.2 Å². The summed E-state index contributed by atoms with van der Waals surface area (Å²) in [6, 6.07) is 17.1. The molecule has 2 aromatic rings. The van der Waals surface area contributed by atoms with Crippen molar-refractivity contribution >= 4 is 17.9 Å². The Kier molecular flexibility index (Phi) is 8.52. The Morgan fingerprint density at radius 2 is 1.69 bits per heavy atom. The van der Waals surface area contributed by atoms with E-state index in [2.05, 4.69) is 0 Å². The van der Waals surface area contributed by atoms with Gasteiger partial charge >= 0.3 is 17.9 Å². The maximum Gasteiger partial charge on any atom is 0.338 e. The molecule has 1 unspecified atom stereocenters. The van der Waals surface area contributed by atoms with Gasteiger partial charge in [0.05, 0.1) is 17.5 Å². The number of hydrogen-bond acceptors (Lipinski definition) is 6. The van der Waals surface area contributed by atoms with Gasteiger partial charge in [-0.05, 0) is 36.8 Å². The number of rotatable bonds is 10. The fourth-order valence-corrected chi connectivity index (χ4v) is 4.87. The fourth-order valence-electron chi connectivity index (χ4n) is 4.87. The molecule has 2 fully saturated rings. The predicted octanol–water partition coefficient (Wildman–Crippen LogP) is 5.47. The van der Waals surface area contributed by atoms with E-state index in [0.717, 1.165) is 6.42 Å². The summed E-state index contributed by atoms with van der Waals surface area (Å²) in [5.41, 5.74) is 0.760. The summed E-state index contributed by atoms with van der Waals surface area (Å²) in [5, 5.41) is 0. The lowest BCUT2D eigenvalue weighted by Gasteiger charge is -2.22. The van der Waals surface area contributed by atoms with Crippen LogP contribution in [-0.2, 0) is 19.0 Å². The van der Waals surface area contributed by atoms with Crippen LogP contribution in [0.4, 0.5) is 4.39 Å². The predicted molar refractivity (Wildman–Crippen MR) is 131 cm³/mol. The summed E-state index contributed by atoms with van der Waals surface area (Å²) in [6.07, 6.45) is 2.15. The Morgan fingerprint density at radius 3 is 2.33 bits per heavy atom. The molecule has 1 aliphatic heterocycles. The van der Waals surface area contributed by atoms with Crippen LogP contribution in [0.15, 0.2) is 72.8 Å². The van der Waals surface area contributed by atoms with Gasteiger partial charge in [0.25, 0.3) is 0 Å². The molecule has 0 N–H and O–H groups in total. The van der Waals surface area contributed by atoms with Crippen LogP contribution in [0.3, 0.4) is 0 Å². The second-order valence-corrected chi connectivity index (χ2v) is 9.30. The first kappa shape index (κ1) is 25.6. The minimum atomic E-state index is -1.39. The lowest BCUT2D eigenvalue weighted by molar-refractivity contribution is -0.141. The quantitative estimate of drug-likeness (QED) is 0.247. The summed E-state index contributed by atoms with van der Waals surface area (Å²) < 4.78 is 32.0. The number of hydrogen-bond donors (Lipinski definition) is 0. The molecule has 1 heterocycles. The Labute approximate surface area is 210 Å². The molecule has 4 rings (SSSR count). The highest BCUT2D eigenvalue weighted by molar-refractivity contribution is 5.90. The Hall–Kier alpha value is -3.48. The minimum absolute atomic E-state index is 0.193. The largest absolute Gasteiger partial charge is 0.462 e. The molecule has 1 aliphatic carbocycles. The molecule has 2 aliphatic rings. The number of benzene rings is 2. The standard InChI is InChI=1S/C29H31FO6/c1-2-3-14-23(30)24(35-28(32)19-10-6-4-7-11-19)16-15-21-22-17-27(31)34-26(22)18-25(21)36-29(33)20-12-8-5-9-13-20/h4-13,15-16,21-26H,2-3,14,17-18H2,1H3/b16-15+/t21-,22-,23?,24-,25-,26+/m1/s1. The molecular formula is C29H31FO6. The van der Waals surface area contributed by atoms with E-state index in [9.17, 15) is 14.4 Å². The van der Waals surface area contributed by atoms with Crippen molar-refractivity contribution in [2.24, 2.45) is 11.8 Å². The molecule has 0 radical (unpaired) electrons. The van der Waals surface area contributed by atoms with Crippen molar-refractivity contribution in [1.29, 1.82) is 0 Å². The normalized spacial score (nSPS) is 24.7. The lowest BCUT2D eigenvalue weighted by Crippen LogP contribution is -2.28. The zero-order chi connectivity index (χ0) is 25.5. The van der Waals surface area contributed by atoms with Gasteiger partial charge in [0.2, 0.25) is 0 Å². The molecule has 1 saturated heterocycles. The van der Waals surface area contributed by atoms with Gasteiger partial charge in [0.15, 0.2) is 6.10 Å². The molecule has 1 saturated carbocycles. The van der Waals surface area contributed by atoms with Gasteiger partial charge in [0, 0.05) is 18.3 Å². The Balaban J connectivity index is 1.53. The molecule has 6 nitrogen and oxygen atoms in total. The molecule has 0 amide bonds. The van der Waals surface area contributed by atoms with Crippen molar-refractivity contribution in [3.05, 3.63) is 83.9 Å². The molecule has 0 spiro atoms. The average molecular weight is 495 g/mol. The van der Waals surface area contributed by atoms with E-state index in [-0.39, 0.29) is 36.8 Å². The monoisotopic (exact) mass is 494 g/mol. The second-order valence-electron chi connectivity index (χ2n) is 9.30. The minimum Gasteiger partial charge on any atom is -0.462 e. The zero-order valence-electron chi connectivity index (χ0n) is 20.3. The summed E-state index contributed by atoms with van der Waals surface area (Å²) in [5.74, 6) is -1.94. The van der Waals surface area contributed by atoms with Crippen LogP contribution in [0, 0.1) is 11.8 Å². The zero-order valence-corrected chi connectivity index (χ0v) is 20.3. The number of carbonyl (C=O) groups excluding carboxylic acids is 3. The van der Waals surface area contributed by atoms with Crippen molar-refractivity contribution < 1.29 is 33.0 Å². The van der Waals surface area contributed by atoms with Crippen molar-refractivity contribution in [3.63, 3.8) is 0 Å². The van der Waals surface area contributed by atoms with Crippen LogP contribution in [0.25, 0.3) is 0 Å². The summed E-state index contributed by atoms with van der Waals surface area (Å²) in [4.78, 5) is 37.3. The van der Waals surface area contributed by atoms with Gasteiger partial charge < -0.3 is 14.2 Å². The van der Waals surface area contributed by atoms with Gasteiger partial charge in [-0.25, -0.2) is 14.0 Å². The maximum absolute atomic E-state index is 15.2. The van der Waals surface area contributed by atoms with Crippen molar-refractivity contribution in [2.75, 3.05) is 0 Å². The second kappa shape index (κ2) is 12.0. The molecule has 0 bridgehead atoms. The van der Waals surface area contributed by atoms with Crippen LogP contribution >= 0.6 is 0 Å². The first-order valence-corrected chi connectivity index (χ1v) is 12.5. The van der Waals surface area contributed by atoms with Crippen molar-refractivity contribution in [3.8, 4) is 0 Å². The summed E-state index contributed by atoms with van der Waals surface area (Å²) >= 11 is 0. The first-order chi connectivity index (χ1) is 17.5. The van der Waals surface area contributed by atoms with Crippen LogP contribution < -0.4 is 0 Å². The van der Waals surface area contributed by atoms with Gasteiger partial charge in [-0.2, -0.15) is 0 Å². The summed E-state index contributed by atoms with van der Waals surface area (Å²) in [7, 11) is 0. The third kappa shape index (κ3) is 6.20. The lowest BCUT2D eigenvalue weighted by atomic mass is 9.91. The fraction of sp³-hybridized carbons (Fsp3) is 0.414. The number of halogens is 1. The molecule has 2 aromatic carbocycles. The van der Waals surface area contributed by atoms with Crippen LogP contribution in [0.1, 0.15) is 59.7 Å². The van der Waals surface area contributed by atoms with E-state index in [1.54, 1.807) is 66.7 Å². The molecule has 0 aromatic heterocycles. The van der Waals surface area contributed by atoms with Crippen LogP contribution in [0.2, 0.25) is 0 Å². The highest BCUT2D eigenvalue weighted by atomic mass is 19.1. The highest BCUT2D eigenvalue weighted by Gasteiger charge is 2.50. The third-order valence-corrected chi connectivity index (χ3v) is 6.78. The number of carbonyl (C=O) groups is 3. The average Bonchev–Trinajstić information content (AvgIpc) is 3.41. The smallest absolute Gasteiger partial charge is 0.338 e. The van der Waals surface area contributed by atoms with Crippen molar-refractivity contribution in [1.82, 2.24) is 0 Å². The van der Waals surface area contributed by atoms with Gasteiger partial charge in [-0.15, -0.1) is 0 Å². The maximum atomic E-state index is 15.2. The van der Waals surface area contributed by atoms with Gasteiger partial charge in [-0.3, -0.25) is 4.79 Å². The van der Waals surface area contributed by atoms with Crippen LogP contribution in [0.5, 0.6) is 0 Å². The number of unbranched alkanes of at least 4 members (excludes halogenated alkanes) is 1. The molecule has 7 heteroatoms. The van der Waals surface area contributed by atoms with E-state index in [0.29, 0.717) is 24.0 Å². The number of fused-ring (bicyclic) bond motifs is 1. The molecule has 190 valence electrons. The van der Waals surface area contributed by atoms with Gasteiger partial charge in [0.1, 0.15) is 18.4 Å². The topological polar surface area (TPSA) is 78.9 Å². The summed E-state index contributed by atoms with van der Waals surface area (Å²) in [6.45, 7) is 1.97. The number of alkyl halides is 1. The van der Waals surface area contributed by atoms with E-state index in [1.807, 2.05) is 13.0 Å². The molecule has 6 atom stereocenters. The van der Waals surface area contributed by atoms with E-state index < -0.39 is 30.3 Å². The van der Waals surface area contributed by atoms with E-state index >= 15 is 4.39 Å². The highest BCUT2D eigenvalue weighted by Crippen LogP contribution is 2.44. The Morgan fingerprint density at radius 1 is 1.06 bits per heavy atom. The van der Waals surface area contributed by atoms with Crippen molar-refractivity contribution in [2.45, 2.75) is 63.5 Å². The third-order valence-electron chi connectivity index (χ3n) is 6.78. The molecular weight excluding hydrogens is 463 g/mol. The number of ether oxygens (including phenoxy) is 3. The SMILES string of the molecule is CCCCC(F)[C@@H](/C=C/[C@@H]1[C@H]2CC(=O)O[C@H]2C[C@H]1OC(=O)c1ccccc1)OC(=O)c1ccccc1. The van der Waals surface area contributed by atoms with E-state index in [1.165, 1.54) is 0 Å².